The van der Waals surface area contributed by atoms with Gasteiger partial charge in [0.25, 0.3) is 11.5 Å². The van der Waals surface area contributed by atoms with E-state index in [-0.39, 0.29) is 29.7 Å². The van der Waals surface area contributed by atoms with E-state index in [2.05, 4.69) is 35.3 Å². The van der Waals surface area contributed by atoms with Gasteiger partial charge in [0.15, 0.2) is 0 Å². The molecule has 314 valence electrons. The number of ether oxygens (including phenoxy) is 2. The maximum absolute atomic E-state index is 15.1. The van der Waals surface area contributed by atoms with Crippen LogP contribution in [0.3, 0.4) is 0 Å². The summed E-state index contributed by atoms with van der Waals surface area (Å²) in [4.78, 5) is 63.4. The number of imide groups is 1. The average Bonchev–Trinajstić information content (AvgIpc) is 3.21. The van der Waals surface area contributed by atoms with Gasteiger partial charge in [-0.3, -0.25) is 34.3 Å². The molecule has 6 heterocycles. The molecule has 1 unspecified atom stereocenters. The van der Waals surface area contributed by atoms with Gasteiger partial charge >= 0.3 is 0 Å². The summed E-state index contributed by atoms with van der Waals surface area (Å²) < 4.78 is 41.6. The average molecular weight is 824 g/mol. The first-order valence-corrected chi connectivity index (χ1v) is 21.9. The van der Waals surface area contributed by atoms with Crippen LogP contribution in [0.25, 0.3) is 10.9 Å². The zero-order valence-corrected chi connectivity index (χ0v) is 34.2. The highest BCUT2D eigenvalue weighted by Gasteiger charge is 2.38. The Hall–Kier alpha value is -4.12. The van der Waals surface area contributed by atoms with E-state index in [1.807, 2.05) is 13.8 Å². The minimum atomic E-state index is -0.860. The minimum absolute atomic E-state index is 0.0376. The van der Waals surface area contributed by atoms with Crippen molar-refractivity contribution in [3.63, 3.8) is 0 Å². The van der Waals surface area contributed by atoms with Gasteiger partial charge in [0, 0.05) is 81.0 Å². The van der Waals surface area contributed by atoms with Gasteiger partial charge in [-0.25, -0.2) is 13.8 Å². The maximum Gasteiger partial charge on any atom is 0.261 e. The van der Waals surface area contributed by atoms with E-state index in [9.17, 15) is 19.2 Å². The molecule has 3 aromatic rings. The Morgan fingerprint density at radius 1 is 0.914 bits per heavy atom. The Morgan fingerprint density at radius 3 is 2.36 bits per heavy atom. The van der Waals surface area contributed by atoms with E-state index in [0.717, 1.165) is 96.7 Å². The Kier molecular flexibility index (Phi) is 14.0. The lowest BCUT2D eigenvalue weighted by molar-refractivity contribution is -0.134. The van der Waals surface area contributed by atoms with Crippen molar-refractivity contribution in [2.45, 2.75) is 94.3 Å². The summed E-state index contributed by atoms with van der Waals surface area (Å²) in [5, 5.41) is 5.16. The lowest BCUT2D eigenvalue weighted by atomic mass is 9.92. The number of amides is 3. The smallest absolute Gasteiger partial charge is 0.261 e. The molecule has 13 nitrogen and oxygen atoms in total. The van der Waals surface area contributed by atoms with Gasteiger partial charge in [-0.2, -0.15) is 11.8 Å². The predicted octanol–water partition coefficient (Wildman–Crippen LogP) is 4.62. The van der Waals surface area contributed by atoms with Crippen LogP contribution in [0.4, 0.5) is 14.5 Å². The molecule has 0 bridgehead atoms. The summed E-state index contributed by atoms with van der Waals surface area (Å²) >= 11 is 1.75. The van der Waals surface area contributed by atoms with E-state index >= 15 is 8.78 Å². The van der Waals surface area contributed by atoms with Crippen molar-refractivity contribution in [3.8, 4) is 5.75 Å². The van der Waals surface area contributed by atoms with Crippen LogP contribution in [0.15, 0.2) is 35.1 Å². The van der Waals surface area contributed by atoms with Crippen molar-refractivity contribution in [2.24, 2.45) is 5.92 Å². The van der Waals surface area contributed by atoms with Crippen LogP contribution in [-0.2, 0) is 20.1 Å². The van der Waals surface area contributed by atoms with Gasteiger partial charge in [0.2, 0.25) is 11.8 Å². The summed E-state index contributed by atoms with van der Waals surface area (Å²) in [5.41, 5.74) is 0.458. The first-order chi connectivity index (χ1) is 28.2. The molecule has 1 atom stereocenters. The van der Waals surface area contributed by atoms with Crippen molar-refractivity contribution < 1.29 is 32.6 Å². The number of benzene rings is 2. The summed E-state index contributed by atoms with van der Waals surface area (Å²) in [6, 6.07) is 7.72. The molecule has 3 amide bonds. The fraction of sp³-hybridized carbons (Fsp3) is 0.595. The van der Waals surface area contributed by atoms with Crippen LogP contribution in [0, 0.1) is 17.6 Å². The van der Waals surface area contributed by atoms with Crippen LogP contribution < -0.4 is 25.8 Å². The van der Waals surface area contributed by atoms with E-state index < -0.39 is 35.0 Å². The molecular weight excluding hydrogens is 769 g/mol. The highest BCUT2D eigenvalue weighted by Crippen LogP contribution is 2.31. The fourth-order valence-electron chi connectivity index (χ4n) is 8.60. The van der Waals surface area contributed by atoms with Gasteiger partial charge in [-0.1, -0.05) is 13.8 Å². The monoisotopic (exact) mass is 823 g/mol. The Bertz CT molecular complexity index is 1990. The topological polar surface area (TPSA) is 149 Å². The van der Waals surface area contributed by atoms with Gasteiger partial charge < -0.3 is 24.7 Å². The third-order valence-electron chi connectivity index (χ3n) is 12.0. The van der Waals surface area contributed by atoms with Crippen molar-refractivity contribution in [1.29, 1.82) is 0 Å². The molecule has 5 saturated heterocycles. The molecule has 5 fully saturated rings. The third kappa shape index (κ3) is 10.0. The Balaban J connectivity index is 0.00000252. The number of H-pyrrole nitrogens is 1. The van der Waals surface area contributed by atoms with E-state index in [1.165, 1.54) is 18.2 Å². The molecule has 16 heteroatoms. The Labute approximate surface area is 342 Å². The number of piperidine rings is 3. The third-order valence-corrected chi connectivity index (χ3v) is 13.4. The van der Waals surface area contributed by atoms with Crippen molar-refractivity contribution in [2.75, 3.05) is 64.0 Å². The van der Waals surface area contributed by atoms with Crippen molar-refractivity contribution >= 4 is 46.1 Å². The number of hydrogen-bond donors (Lipinski definition) is 3. The number of anilines is 1. The van der Waals surface area contributed by atoms with Crippen LogP contribution >= 0.6 is 11.8 Å². The van der Waals surface area contributed by atoms with Crippen LogP contribution in [0.5, 0.6) is 5.75 Å². The molecule has 5 aliphatic rings. The number of thioether (sulfide) groups is 1. The number of carbonyl (C=O) groups is 3. The number of carbonyl (C=O) groups excluding carboxylic acids is 3. The molecule has 5 aliphatic heterocycles. The van der Waals surface area contributed by atoms with E-state index in [1.54, 1.807) is 23.9 Å². The lowest BCUT2D eigenvalue weighted by Gasteiger charge is -2.52. The van der Waals surface area contributed by atoms with Crippen LogP contribution in [0.1, 0.15) is 81.4 Å². The number of hydrogen-bond acceptors (Lipinski definition) is 11. The molecule has 0 spiro atoms. The van der Waals surface area contributed by atoms with Crippen molar-refractivity contribution in [1.82, 2.24) is 30.4 Å². The zero-order valence-electron chi connectivity index (χ0n) is 33.4. The quantitative estimate of drug-likeness (QED) is 0.233. The SMILES string of the molecule is CC.O=C1CCC(NC(=O)c2ccc(N3CCC(N4CC(N5CCC(COc6cc(F)c7c(=O)[nH]c(CSC8CCOCC8)nc7c6)CC5)C4)CC3)cc2F)C(=O)N1. The second-order valence-electron chi connectivity index (χ2n) is 15.7. The van der Waals surface area contributed by atoms with E-state index in [4.69, 9.17) is 9.47 Å². The lowest BCUT2D eigenvalue weighted by Crippen LogP contribution is -2.64. The standard InChI is InChI=1S/C40H49F2N7O6S.C2H6/c41-31-17-26(1-2-30(31)38(51)44-33-3-4-36(50)46-39(33)52)47-13-7-25(8-14-47)49-20-27(21-49)48-11-5-24(6-12-48)22-55-28-18-32(42)37-34(19-28)43-35(45-40(37)53)23-56-29-9-15-54-16-10-29;1-2/h1-2,17-19,24-25,27,29,33H,3-16,20-23H2,(H,44,51)(H,43,45,53)(H,46,50,52);1-2H3. The number of fused-ring (bicyclic) bond motifs is 1. The Morgan fingerprint density at radius 2 is 1.66 bits per heavy atom. The van der Waals surface area contributed by atoms with Crippen LogP contribution in [0.2, 0.25) is 0 Å². The molecular formula is C42H55F2N7O6S. The second kappa shape index (κ2) is 19.3. The first kappa shape index (κ1) is 42.0. The minimum Gasteiger partial charge on any atom is -0.493 e. The highest BCUT2D eigenvalue weighted by molar-refractivity contribution is 7.99. The zero-order chi connectivity index (χ0) is 40.8. The summed E-state index contributed by atoms with van der Waals surface area (Å²) in [6.45, 7) is 11.6. The largest absolute Gasteiger partial charge is 0.493 e. The van der Waals surface area contributed by atoms with Gasteiger partial charge in [0.1, 0.15) is 34.6 Å². The number of nitrogens with one attached hydrogen (secondary N) is 3. The second-order valence-corrected chi connectivity index (χ2v) is 17.0. The summed E-state index contributed by atoms with van der Waals surface area (Å²) in [6.07, 6.45) is 6.22. The van der Waals surface area contributed by atoms with Crippen LogP contribution in [-0.4, -0.2) is 120 Å². The predicted molar refractivity (Wildman–Crippen MR) is 219 cm³/mol. The van der Waals surface area contributed by atoms with Gasteiger partial charge in [0.05, 0.1) is 23.4 Å². The molecule has 0 radical (unpaired) electrons. The molecule has 0 aliphatic carbocycles. The first-order valence-electron chi connectivity index (χ1n) is 20.9. The molecule has 58 heavy (non-hydrogen) atoms. The number of aromatic nitrogens is 2. The highest BCUT2D eigenvalue weighted by atomic mass is 32.2. The maximum atomic E-state index is 15.1. The van der Waals surface area contributed by atoms with Crippen molar-refractivity contribution in [3.05, 3.63) is 63.7 Å². The van der Waals surface area contributed by atoms with Gasteiger partial charge in [-0.05, 0) is 82.2 Å². The number of nitrogens with zero attached hydrogens (tertiary/aromatic N) is 4. The summed E-state index contributed by atoms with van der Waals surface area (Å²) in [5.74, 6) is -1.03. The number of aromatic amines is 1. The molecule has 3 N–H and O–H groups in total. The molecule has 8 rings (SSSR count). The number of rotatable bonds is 11. The van der Waals surface area contributed by atoms with Gasteiger partial charge in [-0.15, -0.1) is 0 Å². The molecule has 1 aromatic heterocycles. The summed E-state index contributed by atoms with van der Waals surface area (Å²) in [7, 11) is 0. The normalized spacial score (nSPS) is 21.9. The molecule has 2 aromatic carbocycles. The van der Waals surface area contributed by atoms with E-state index in [0.29, 0.717) is 52.7 Å². The number of likely N-dealkylation sites (tertiary alicyclic amines) is 2. The number of halogens is 2. The fourth-order valence-corrected chi connectivity index (χ4v) is 9.65. The molecule has 0 saturated carbocycles.